The van der Waals surface area contributed by atoms with Crippen LogP contribution in [0.15, 0.2) is 36.4 Å². The summed E-state index contributed by atoms with van der Waals surface area (Å²) in [6.07, 6.45) is 2.24. The summed E-state index contributed by atoms with van der Waals surface area (Å²) in [4.78, 5) is 53.7. The van der Waals surface area contributed by atoms with E-state index in [1.54, 1.807) is 29.2 Å². The van der Waals surface area contributed by atoms with Crippen LogP contribution in [0.25, 0.3) is 0 Å². The zero-order chi connectivity index (χ0) is 24.0. The van der Waals surface area contributed by atoms with Gasteiger partial charge in [-0.3, -0.25) is 24.1 Å². The zero-order valence-corrected chi connectivity index (χ0v) is 19.6. The van der Waals surface area contributed by atoms with Gasteiger partial charge in [-0.15, -0.1) is 0 Å². The number of Topliss-reactive ketones (excluding diaryl/α,β-unsaturated/α-hetero) is 1. The fourth-order valence-electron chi connectivity index (χ4n) is 5.37. The van der Waals surface area contributed by atoms with Crippen LogP contribution in [0.2, 0.25) is 0 Å². The van der Waals surface area contributed by atoms with E-state index < -0.39 is 5.60 Å². The van der Waals surface area contributed by atoms with Crippen molar-refractivity contribution in [3.05, 3.63) is 64.2 Å². The molecule has 0 saturated carbocycles. The molecule has 0 aromatic heterocycles. The second-order valence-corrected chi connectivity index (χ2v) is 9.64. The molecular weight excluding hydrogens is 432 g/mol. The minimum Gasteiger partial charge on any atom is -0.486 e. The van der Waals surface area contributed by atoms with Gasteiger partial charge in [0.2, 0.25) is 5.91 Å². The third-order valence-corrected chi connectivity index (χ3v) is 7.20. The highest BCUT2D eigenvalue weighted by molar-refractivity contribution is 6.21. The van der Waals surface area contributed by atoms with Gasteiger partial charge in [0.25, 0.3) is 11.8 Å². The molecule has 1 fully saturated rings. The van der Waals surface area contributed by atoms with E-state index in [0.29, 0.717) is 61.2 Å². The first kappa shape index (κ1) is 22.3. The summed E-state index contributed by atoms with van der Waals surface area (Å²) >= 11 is 0. The molecule has 3 aliphatic heterocycles. The number of nitrogens with zero attached hydrogens (tertiary/aromatic N) is 2. The van der Waals surface area contributed by atoms with Crippen molar-refractivity contribution >= 4 is 23.5 Å². The first-order valence-corrected chi connectivity index (χ1v) is 11.8. The third kappa shape index (κ3) is 3.79. The van der Waals surface area contributed by atoms with Gasteiger partial charge >= 0.3 is 0 Å². The van der Waals surface area contributed by atoms with Gasteiger partial charge in [-0.05, 0) is 49.6 Å². The van der Waals surface area contributed by atoms with Crippen LogP contribution in [0.3, 0.4) is 0 Å². The van der Waals surface area contributed by atoms with Gasteiger partial charge in [-0.2, -0.15) is 0 Å². The molecular formula is C27H28N2O5. The van der Waals surface area contributed by atoms with Crippen molar-refractivity contribution in [1.82, 2.24) is 9.80 Å². The van der Waals surface area contributed by atoms with E-state index >= 15 is 0 Å². The summed E-state index contributed by atoms with van der Waals surface area (Å²) in [5.74, 6) is 0.202. The van der Waals surface area contributed by atoms with Crippen molar-refractivity contribution in [3.8, 4) is 5.75 Å². The molecule has 176 valence electrons. The topological polar surface area (TPSA) is 84.0 Å². The Morgan fingerprint density at radius 1 is 0.971 bits per heavy atom. The number of benzene rings is 2. The zero-order valence-electron chi connectivity index (χ0n) is 19.6. The molecule has 3 heterocycles. The van der Waals surface area contributed by atoms with Gasteiger partial charge in [-0.25, -0.2) is 0 Å². The molecule has 3 aliphatic rings. The standard InChI is InChI=1S/C27H28N2O5/c1-17-14-18(2)24-21(15-17)22(30)16-27(34-24)9-12-28(13-10-27)23(31)8-5-11-29-25(32)19-6-3-4-7-20(19)26(29)33/h3-4,6-7,14-15H,5,8-13,16H2,1-2H3. The Balaban J connectivity index is 1.15. The maximum Gasteiger partial charge on any atom is 0.261 e. The lowest BCUT2D eigenvalue weighted by Crippen LogP contribution is -2.52. The highest BCUT2D eigenvalue weighted by Crippen LogP contribution is 2.41. The Labute approximate surface area is 198 Å². The number of hydrogen-bond donors (Lipinski definition) is 0. The summed E-state index contributed by atoms with van der Waals surface area (Å²) in [5.41, 5.74) is 2.97. The second-order valence-electron chi connectivity index (χ2n) is 9.64. The van der Waals surface area contributed by atoms with E-state index in [-0.39, 0.29) is 36.5 Å². The number of ether oxygens (including phenoxy) is 1. The lowest BCUT2D eigenvalue weighted by molar-refractivity contribution is -0.134. The van der Waals surface area contributed by atoms with E-state index in [1.165, 1.54) is 4.90 Å². The number of hydrogen-bond acceptors (Lipinski definition) is 5. The molecule has 0 aliphatic carbocycles. The maximum atomic E-state index is 12.9. The van der Waals surface area contributed by atoms with Crippen LogP contribution in [0, 0.1) is 13.8 Å². The summed E-state index contributed by atoms with van der Waals surface area (Å²) in [7, 11) is 0. The summed E-state index contributed by atoms with van der Waals surface area (Å²) in [5, 5.41) is 0. The number of carbonyl (C=O) groups is 4. The normalized spacial score (nSPS) is 18.7. The highest BCUT2D eigenvalue weighted by atomic mass is 16.5. The number of rotatable bonds is 4. The average Bonchev–Trinajstić information content (AvgIpc) is 3.05. The first-order chi connectivity index (χ1) is 16.3. The maximum absolute atomic E-state index is 12.9. The SMILES string of the molecule is Cc1cc(C)c2c(c1)C(=O)CC1(CCN(C(=O)CCCN3C(=O)c4ccccc4C3=O)CC1)O2. The number of piperidine rings is 1. The molecule has 7 heteroatoms. The number of aryl methyl sites for hydroxylation is 2. The van der Waals surface area contributed by atoms with E-state index in [4.69, 9.17) is 4.74 Å². The van der Waals surface area contributed by atoms with Gasteiger partial charge in [-0.1, -0.05) is 18.2 Å². The van der Waals surface area contributed by atoms with Gasteiger partial charge < -0.3 is 9.64 Å². The van der Waals surface area contributed by atoms with Crippen LogP contribution in [-0.2, 0) is 4.79 Å². The molecule has 5 rings (SSSR count). The molecule has 0 radical (unpaired) electrons. The monoisotopic (exact) mass is 460 g/mol. The molecule has 0 bridgehead atoms. The minimum absolute atomic E-state index is 0.000741. The second kappa shape index (κ2) is 8.38. The van der Waals surface area contributed by atoms with Crippen LogP contribution in [0.1, 0.15) is 74.3 Å². The quantitative estimate of drug-likeness (QED) is 0.650. The first-order valence-electron chi connectivity index (χ1n) is 11.8. The molecule has 2 aromatic rings. The molecule has 0 unspecified atom stereocenters. The molecule has 7 nitrogen and oxygen atoms in total. The van der Waals surface area contributed by atoms with Gasteiger partial charge in [0.15, 0.2) is 5.78 Å². The predicted molar refractivity (Wildman–Crippen MR) is 125 cm³/mol. The Kier molecular flexibility index (Phi) is 5.50. The molecule has 1 saturated heterocycles. The smallest absolute Gasteiger partial charge is 0.261 e. The molecule has 3 amide bonds. The van der Waals surface area contributed by atoms with E-state index in [9.17, 15) is 19.2 Å². The van der Waals surface area contributed by atoms with Crippen molar-refractivity contribution in [3.63, 3.8) is 0 Å². The third-order valence-electron chi connectivity index (χ3n) is 7.20. The molecule has 0 atom stereocenters. The van der Waals surface area contributed by atoms with Gasteiger partial charge in [0.1, 0.15) is 11.4 Å². The Morgan fingerprint density at radius 3 is 2.26 bits per heavy atom. The molecule has 0 N–H and O–H groups in total. The molecule has 34 heavy (non-hydrogen) atoms. The molecule has 1 spiro atoms. The van der Waals surface area contributed by atoms with Crippen LogP contribution >= 0.6 is 0 Å². The van der Waals surface area contributed by atoms with Crippen LogP contribution in [0.5, 0.6) is 5.75 Å². The van der Waals surface area contributed by atoms with Crippen molar-refractivity contribution in [2.45, 2.75) is 51.6 Å². The number of likely N-dealkylation sites (tertiary alicyclic amines) is 1. The summed E-state index contributed by atoms with van der Waals surface area (Å²) < 4.78 is 6.41. The van der Waals surface area contributed by atoms with Crippen LogP contribution in [0.4, 0.5) is 0 Å². The Morgan fingerprint density at radius 2 is 1.62 bits per heavy atom. The fourth-order valence-corrected chi connectivity index (χ4v) is 5.37. The van der Waals surface area contributed by atoms with Gasteiger partial charge in [0.05, 0.1) is 23.1 Å². The number of carbonyl (C=O) groups excluding carboxylic acids is 4. The van der Waals surface area contributed by atoms with Crippen LogP contribution in [-0.4, -0.2) is 58.5 Å². The lowest BCUT2D eigenvalue weighted by Gasteiger charge is -2.44. The Bertz CT molecular complexity index is 1170. The number of imide groups is 1. The number of fused-ring (bicyclic) bond motifs is 2. The van der Waals surface area contributed by atoms with Crippen molar-refractivity contribution in [2.24, 2.45) is 0 Å². The minimum atomic E-state index is -0.555. The largest absolute Gasteiger partial charge is 0.486 e. The highest BCUT2D eigenvalue weighted by Gasteiger charge is 2.44. The molecule has 2 aromatic carbocycles. The van der Waals surface area contributed by atoms with E-state index in [1.807, 2.05) is 26.0 Å². The lowest BCUT2D eigenvalue weighted by atomic mass is 9.81. The van der Waals surface area contributed by atoms with Crippen molar-refractivity contribution in [2.75, 3.05) is 19.6 Å². The van der Waals surface area contributed by atoms with E-state index in [2.05, 4.69) is 0 Å². The van der Waals surface area contributed by atoms with Crippen molar-refractivity contribution in [1.29, 1.82) is 0 Å². The van der Waals surface area contributed by atoms with E-state index in [0.717, 1.165) is 11.1 Å². The Hall–Kier alpha value is -3.48. The van der Waals surface area contributed by atoms with Crippen molar-refractivity contribution < 1.29 is 23.9 Å². The number of amides is 3. The fraction of sp³-hybridized carbons (Fsp3) is 0.407. The predicted octanol–water partition coefficient (Wildman–Crippen LogP) is 3.71. The average molecular weight is 461 g/mol. The summed E-state index contributed by atoms with van der Waals surface area (Å²) in [6.45, 7) is 5.22. The van der Waals surface area contributed by atoms with Crippen LogP contribution < -0.4 is 4.74 Å². The van der Waals surface area contributed by atoms with Gasteiger partial charge in [0, 0.05) is 38.9 Å². The number of ketones is 1. The summed E-state index contributed by atoms with van der Waals surface area (Å²) in [6, 6.07) is 10.7.